The number of thioether (sulfide) groups is 1. The van der Waals surface area contributed by atoms with Crippen LogP contribution in [0.15, 0.2) is 0 Å². The van der Waals surface area contributed by atoms with Crippen molar-refractivity contribution >= 4 is 34.8 Å². The van der Waals surface area contributed by atoms with E-state index in [2.05, 4.69) is 27.7 Å². The molecule has 0 spiro atoms. The van der Waals surface area contributed by atoms with Crippen molar-refractivity contribution in [2.45, 2.75) is 79.1 Å². The molecule has 24 heavy (non-hydrogen) atoms. The predicted molar refractivity (Wildman–Crippen MR) is 105 cm³/mol. The molecule has 0 aliphatic carbocycles. The topological polar surface area (TPSA) is 29.5 Å². The zero-order valence-electron chi connectivity index (χ0n) is 15.7. The average Bonchev–Trinajstić information content (AvgIpc) is 2.48. The Morgan fingerprint density at radius 2 is 1.54 bits per heavy atom. The second-order valence-corrected chi connectivity index (χ2v) is 8.61. The Balaban J connectivity index is 0. The molecule has 0 aromatic rings. The molecule has 0 saturated heterocycles. The van der Waals surface area contributed by atoms with Gasteiger partial charge in [-0.3, -0.25) is 0 Å². The Morgan fingerprint density at radius 1 is 1.00 bits per heavy atom. The smallest absolute Gasteiger partial charge is 0.167 e. The van der Waals surface area contributed by atoms with E-state index in [0.717, 1.165) is 36.9 Å². The molecule has 6 heteroatoms. The van der Waals surface area contributed by atoms with E-state index in [1.54, 1.807) is 11.8 Å². The van der Waals surface area contributed by atoms with E-state index in [1.165, 1.54) is 43.6 Å². The summed E-state index contributed by atoms with van der Waals surface area (Å²) in [6.45, 7) is 11.2. The van der Waals surface area contributed by atoms with Crippen LogP contribution in [0.25, 0.3) is 0 Å². The second-order valence-electron chi connectivity index (χ2n) is 6.88. The number of nitrogens with zero attached hydrogens (tertiary/aromatic N) is 1. The summed E-state index contributed by atoms with van der Waals surface area (Å²) in [5.41, 5.74) is 0. The fourth-order valence-electron chi connectivity index (χ4n) is 2.27. The quantitative estimate of drug-likeness (QED) is 0.109. The molecule has 0 aromatic carbocycles. The molecule has 0 saturated carbocycles. The molecule has 0 atom stereocenters. The van der Waals surface area contributed by atoms with Crippen molar-refractivity contribution in [3.63, 3.8) is 0 Å². The van der Waals surface area contributed by atoms with Crippen molar-refractivity contribution in [3.05, 3.63) is 0 Å². The van der Waals surface area contributed by atoms with Gasteiger partial charge in [-0.25, -0.2) is 5.06 Å². The third-order valence-electron chi connectivity index (χ3n) is 3.65. The van der Waals surface area contributed by atoms with Crippen molar-refractivity contribution in [3.8, 4) is 0 Å². The summed E-state index contributed by atoms with van der Waals surface area (Å²) in [6, 6.07) is 0. The van der Waals surface area contributed by atoms with Crippen LogP contribution in [0, 0.1) is 11.8 Å². The van der Waals surface area contributed by atoms with Gasteiger partial charge in [0, 0.05) is 26.8 Å². The number of unbranched alkanes of at least 4 members (excludes halogenated alkanes) is 4. The van der Waals surface area contributed by atoms with E-state index in [-0.39, 0.29) is 21.1 Å². The Kier molecular flexibility index (Phi) is 20.2. The van der Waals surface area contributed by atoms with Crippen LogP contribution in [0.3, 0.4) is 0 Å². The maximum absolute atomic E-state index is 10.5. The first kappa shape index (κ1) is 26.6. The summed E-state index contributed by atoms with van der Waals surface area (Å²) in [5.74, 6) is 2.52. The third kappa shape index (κ3) is 17.2. The minimum Gasteiger partial charge on any atom is -0.543 e. The molecule has 3 nitrogen and oxygen atoms in total. The molecule has 0 radical (unpaired) electrons. The third-order valence-corrected chi connectivity index (χ3v) is 5.15. The van der Waals surface area contributed by atoms with E-state index in [4.69, 9.17) is 17.1 Å². The van der Waals surface area contributed by atoms with Crippen molar-refractivity contribution in [1.82, 2.24) is 5.06 Å². The van der Waals surface area contributed by atoms with Gasteiger partial charge < -0.3 is 9.63 Å². The van der Waals surface area contributed by atoms with Gasteiger partial charge in [-0.15, -0.1) is 0 Å². The monoisotopic (exact) mass is 458 g/mol. The molecule has 0 heterocycles. The van der Waals surface area contributed by atoms with Gasteiger partial charge in [0.05, 0.1) is 6.54 Å². The number of hydroxylamine groups is 2. The van der Waals surface area contributed by atoms with Gasteiger partial charge in [0.2, 0.25) is 0 Å². The van der Waals surface area contributed by atoms with E-state index >= 15 is 0 Å². The van der Waals surface area contributed by atoms with Gasteiger partial charge >= 0.3 is 0 Å². The molecule has 0 unspecified atom stereocenters. The van der Waals surface area contributed by atoms with Crippen molar-refractivity contribution < 1.29 is 30.7 Å². The molecule has 0 aliphatic rings. The van der Waals surface area contributed by atoms with Crippen LogP contribution >= 0.6 is 24.0 Å². The van der Waals surface area contributed by atoms with Crippen molar-refractivity contribution in [2.75, 3.05) is 12.3 Å². The van der Waals surface area contributed by atoms with Gasteiger partial charge in [-0.2, -0.15) is 0 Å². The van der Waals surface area contributed by atoms with Crippen LogP contribution in [0.2, 0.25) is 0 Å². The number of carbonyl (C=O) groups excluding carboxylic acids is 1. The Bertz CT molecular complexity index is 315. The van der Waals surface area contributed by atoms with Gasteiger partial charge in [-0.1, -0.05) is 78.0 Å². The van der Waals surface area contributed by atoms with E-state index < -0.39 is 0 Å². The van der Waals surface area contributed by atoms with Crippen LogP contribution in [0.1, 0.15) is 79.1 Å². The van der Waals surface area contributed by atoms with Gasteiger partial charge in [0.15, 0.2) is 4.32 Å². The first-order chi connectivity index (χ1) is 11.0. The van der Waals surface area contributed by atoms with Crippen molar-refractivity contribution in [2.24, 2.45) is 11.8 Å². The molecule has 0 N–H and O–H groups in total. The minimum atomic E-state index is 0. The number of rotatable bonds is 14. The molecule has 0 rings (SSSR count). The zero-order chi connectivity index (χ0) is 17.5. The standard InChI is InChI=1S/C18H34NO2S2.Mo/c1-16(2)11-7-5-9-13-19(21-15-20)18(22)23-14-10-6-8-12-17(3)4;/h16-17H,5-14H2,1-4H3;/q-1;. The fourth-order valence-corrected chi connectivity index (χ4v) is 3.44. The zero-order valence-corrected chi connectivity index (χ0v) is 19.4. The summed E-state index contributed by atoms with van der Waals surface area (Å²) in [7, 11) is 0. The van der Waals surface area contributed by atoms with Crippen LogP contribution in [-0.4, -0.2) is 28.2 Å². The number of thiocarbonyl (C=S) groups is 1. The molecule has 142 valence electrons. The Hall–Kier alpha value is 0.398. The first-order valence-corrected chi connectivity index (χ1v) is 10.3. The fraction of sp³-hybridized carbons (Fsp3) is 0.889. The molecule has 0 amide bonds. The van der Waals surface area contributed by atoms with E-state index in [0.29, 0.717) is 10.9 Å². The van der Waals surface area contributed by atoms with Gasteiger partial charge in [-0.05, 0) is 43.4 Å². The SMILES string of the molecule is CC(C)CCCCCSC(=S)N(CCCCCC(C)C)O[C-]=O.[Mo]. The summed E-state index contributed by atoms with van der Waals surface area (Å²) < 4.78 is 0.654. The van der Waals surface area contributed by atoms with Gasteiger partial charge in [0.25, 0.3) is 0 Å². The molecule has 0 bridgehead atoms. The van der Waals surface area contributed by atoms with Crippen LogP contribution in [0.4, 0.5) is 0 Å². The predicted octanol–water partition coefficient (Wildman–Crippen LogP) is 5.74. The Morgan fingerprint density at radius 3 is 2.04 bits per heavy atom. The second kappa shape index (κ2) is 18.2. The maximum atomic E-state index is 10.5. The summed E-state index contributed by atoms with van der Waals surface area (Å²) in [4.78, 5) is 15.4. The molecular formula is C18H34MoNO2S2-. The summed E-state index contributed by atoms with van der Waals surface area (Å²) in [6.07, 6.45) is 9.56. The van der Waals surface area contributed by atoms with Crippen LogP contribution in [-0.2, 0) is 30.7 Å². The average molecular weight is 457 g/mol. The van der Waals surface area contributed by atoms with Crippen LogP contribution in [0.5, 0.6) is 0 Å². The van der Waals surface area contributed by atoms with E-state index in [9.17, 15) is 4.79 Å². The number of hydrogen-bond donors (Lipinski definition) is 0. The Labute approximate surface area is 173 Å². The number of hydrogen-bond acceptors (Lipinski definition) is 4. The first-order valence-electron chi connectivity index (χ1n) is 8.95. The normalized spacial score (nSPS) is 10.6. The van der Waals surface area contributed by atoms with Crippen LogP contribution < -0.4 is 0 Å². The summed E-state index contributed by atoms with van der Waals surface area (Å²) >= 11 is 6.97. The summed E-state index contributed by atoms with van der Waals surface area (Å²) in [5, 5.41) is 1.52. The molecule has 0 fully saturated rings. The molecule has 0 aliphatic heterocycles. The minimum absolute atomic E-state index is 0. The van der Waals surface area contributed by atoms with Gasteiger partial charge in [0.1, 0.15) is 0 Å². The molecular weight excluding hydrogens is 422 g/mol. The maximum Gasteiger partial charge on any atom is 0.167 e. The largest absolute Gasteiger partial charge is 0.543 e. The molecule has 0 aromatic heterocycles. The van der Waals surface area contributed by atoms with Crippen molar-refractivity contribution in [1.29, 1.82) is 0 Å². The van der Waals surface area contributed by atoms with E-state index in [1.807, 2.05) is 0 Å².